The molecule has 2 heterocycles. The average molecular weight is 360 g/mol. The predicted octanol–water partition coefficient (Wildman–Crippen LogP) is 1.02. The molecule has 0 N–H and O–H groups in total. The topological polar surface area (TPSA) is 81.2 Å². The maximum Gasteiger partial charge on any atom is 0.284 e. The molecule has 0 aromatic carbocycles. The summed E-state index contributed by atoms with van der Waals surface area (Å²) in [6.07, 6.45) is 7.07. The maximum atomic E-state index is 11.8. The van der Waals surface area contributed by atoms with Gasteiger partial charge in [0.2, 0.25) is 5.91 Å². The van der Waals surface area contributed by atoms with Gasteiger partial charge in [0.15, 0.2) is 0 Å². The van der Waals surface area contributed by atoms with Gasteiger partial charge in [0.1, 0.15) is 0 Å². The minimum atomic E-state index is -0.555. The highest BCUT2D eigenvalue weighted by atomic mass is 16.2. The fourth-order valence-electron chi connectivity index (χ4n) is 2.49. The molecular formula is C18H24N4O4. The molecular weight excluding hydrogens is 336 g/mol. The van der Waals surface area contributed by atoms with Gasteiger partial charge in [0.25, 0.3) is 17.7 Å². The van der Waals surface area contributed by atoms with Crippen LogP contribution in [0.5, 0.6) is 0 Å². The smallest absolute Gasteiger partial charge is 0.284 e. The normalized spacial score (nSPS) is 16.4. The highest BCUT2D eigenvalue weighted by Crippen LogP contribution is 2.15. The molecule has 0 spiro atoms. The summed E-state index contributed by atoms with van der Waals surface area (Å²) in [5, 5.41) is 3.29. The first kappa shape index (κ1) is 20.9. The zero-order valence-electron chi connectivity index (χ0n) is 14.8. The molecule has 26 heavy (non-hydrogen) atoms. The van der Waals surface area contributed by atoms with Crippen LogP contribution in [0.25, 0.3) is 0 Å². The van der Waals surface area contributed by atoms with E-state index < -0.39 is 17.7 Å². The van der Waals surface area contributed by atoms with Gasteiger partial charge in [-0.05, 0) is 37.3 Å². The fraction of sp³-hybridized carbons (Fsp3) is 0.333. The second-order valence-electron chi connectivity index (χ2n) is 5.39. The number of hydrogen-bond acceptors (Lipinski definition) is 4. The van der Waals surface area contributed by atoms with E-state index in [1.165, 1.54) is 0 Å². The summed E-state index contributed by atoms with van der Waals surface area (Å²) in [5.74, 6) is -1.25. The van der Waals surface area contributed by atoms with Crippen LogP contribution < -0.4 is 0 Å². The third-order valence-electron chi connectivity index (χ3n) is 3.76. The number of carbonyl (C=O) groups excluding carboxylic acids is 4. The molecule has 0 atom stereocenters. The summed E-state index contributed by atoms with van der Waals surface area (Å²) in [4.78, 5) is 47.4. The number of hydrogen-bond donors (Lipinski definition) is 0. The highest BCUT2D eigenvalue weighted by molar-refractivity contribution is 5.95. The SMILES string of the molecule is C=CC(=O)N1CCCN(C(=O)C=C)N1C(=O)C=C.C=CN1CCCC1=O. The first-order valence-corrected chi connectivity index (χ1v) is 8.17. The summed E-state index contributed by atoms with van der Waals surface area (Å²) in [6.45, 7) is 15.1. The fourth-order valence-corrected chi connectivity index (χ4v) is 2.49. The van der Waals surface area contributed by atoms with Crippen LogP contribution in [0.3, 0.4) is 0 Å². The minimum Gasteiger partial charge on any atom is -0.320 e. The molecule has 0 saturated carbocycles. The number of carbonyl (C=O) groups is 4. The van der Waals surface area contributed by atoms with Gasteiger partial charge in [-0.2, -0.15) is 0 Å². The minimum absolute atomic E-state index is 0.208. The third-order valence-corrected chi connectivity index (χ3v) is 3.76. The Bertz CT molecular complexity index is 601. The quantitative estimate of drug-likeness (QED) is 0.701. The van der Waals surface area contributed by atoms with Crippen LogP contribution in [0.15, 0.2) is 50.7 Å². The van der Waals surface area contributed by atoms with Crippen molar-refractivity contribution in [2.45, 2.75) is 19.3 Å². The van der Waals surface area contributed by atoms with Gasteiger partial charge >= 0.3 is 0 Å². The molecule has 8 nitrogen and oxygen atoms in total. The van der Waals surface area contributed by atoms with Gasteiger partial charge in [-0.1, -0.05) is 26.3 Å². The average Bonchev–Trinajstić information content (AvgIpc) is 3.10. The van der Waals surface area contributed by atoms with Crippen molar-refractivity contribution in [3.63, 3.8) is 0 Å². The summed E-state index contributed by atoms with van der Waals surface area (Å²) in [6, 6.07) is 0. The summed E-state index contributed by atoms with van der Waals surface area (Å²) in [5.41, 5.74) is 0. The summed E-state index contributed by atoms with van der Waals surface area (Å²) >= 11 is 0. The van der Waals surface area contributed by atoms with Crippen molar-refractivity contribution in [1.29, 1.82) is 0 Å². The lowest BCUT2D eigenvalue weighted by Crippen LogP contribution is -2.62. The van der Waals surface area contributed by atoms with Gasteiger partial charge in [-0.3, -0.25) is 19.2 Å². The Morgan fingerprint density at radius 1 is 0.769 bits per heavy atom. The Labute approximate surface area is 153 Å². The molecule has 8 heteroatoms. The second kappa shape index (κ2) is 9.97. The molecule has 0 aromatic rings. The van der Waals surface area contributed by atoms with E-state index in [4.69, 9.17) is 0 Å². The summed E-state index contributed by atoms with van der Waals surface area (Å²) < 4.78 is 0. The van der Waals surface area contributed by atoms with Crippen LogP contribution >= 0.6 is 0 Å². The van der Waals surface area contributed by atoms with Crippen LogP contribution in [0, 0.1) is 0 Å². The van der Waals surface area contributed by atoms with Crippen molar-refractivity contribution >= 4 is 23.6 Å². The molecule has 0 bridgehead atoms. The third kappa shape index (κ3) is 4.92. The number of amides is 4. The Morgan fingerprint density at radius 3 is 1.58 bits per heavy atom. The van der Waals surface area contributed by atoms with Gasteiger partial charge in [-0.25, -0.2) is 10.0 Å². The molecule has 0 aliphatic carbocycles. The van der Waals surface area contributed by atoms with Crippen LogP contribution in [-0.4, -0.2) is 63.3 Å². The van der Waals surface area contributed by atoms with E-state index in [9.17, 15) is 19.2 Å². The van der Waals surface area contributed by atoms with E-state index in [0.29, 0.717) is 25.9 Å². The first-order chi connectivity index (χ1) is 12.4. The molecule has 2 aliphatic heterocycles. The van der Waals surface area contributed by atoms with Crippen LogP contribution in [-0.2, 0) is 19.2 Å². The molecule has 0 aromatic heterocycles. The lowest BCUT2D eigenvalue weighted by molar-refractivity contribution is -0.209. The van der Waals surface area contributed by atoms with Crippen molar-refractivity contribution < 1.29 is 19.2 Å². The lowest BCUT2D eigenvalue weighted by Gasteiger charge is -2.44. The zero-order chi connectivity index (χ0) is 19.7. The number of likely N-dealkylation sites (tertiary alicyclic amines) is 1. The van der Waals surface area contributed by atoms with Crippen molar-refractivity contribution in [3.05, 3.63) is 50.7 Å². The van der Waals surface area contributed by atoms with Gasteiger partial charge in [-0.15, -0.1) is 5.12 Å². The largest absolute Gasteiger partial charge is 0.320 e. The van der Waals surface area contributed by atoms with E-state index in [-0.39, 0.29) is 5.91 Å². The van der Waals surface area contributed by atoms with Crippen LogP contribution in [0.2, 0.25) is 0 Å². The van der Waals surface area contributed by atoms with E-state index in [1.54, 1.807) is 11.1 Å². The molecule has 2 fully saturated rings. The molecule has 2 rings (SSSR count). The number of hydrazine groups is 2. The Kier molecular flexibility index (Phi) is 8.01. The Hall–Kier alpha value is -3.16. The van der Waals surface area contributed by atoms with Crippen molar-refractivity contribution in [1.82, 2.24) is 20.0 Å². The van der Waals surface area contributed by atoms with Crippen molar-refractivity contribution in [2.24, 2.45) is 0 Å². The number of nitrogens with zero attached hydrogens (tertiary/aromatic N) is 4. The maximum absolute atomic E-state index is 11.8. The monoisotopic (exact) mass is 360 g/mol. The van der Waals surface area contributed by atoms with Crippen LogP contribution in [0.1, 0.15) is 19.3 Å². The van der Waals surface area contributed by atoms with Gasteiger partial charge < -0.3 is 4.90 Å². The Morgan fingerprint density at radius 2 is 1.27 bits per heavy atom. The zero-order valence-corrected chi connectivity index (χ0v) is 14.8. The first-order valence-electron chi connectivity index (χ1n) is 8.17. The summed E-state index contributed by atoms with van der Waals surface area (Å²) in [7, 11) is 0. The van der Waals surface area contributed by atoms with Crippen LogP contribution in [0.4, 0.5) is 0 Å². The van der Waals surface area contributed by atoms with Gasteiger partial charge in [0.05, 0.1) is 0 Å². The standard InChI is InChI=1S/C12H15N3O3.C6H9NO/c1-4-10(16)13-8-7-9-14(11(17)5-2)15(13)12(18)6-3;1-2-7-5-3-4-6(7)8/h4-6H,1-3,7-9H2;2H,1,3-5H2. The number of rotatable bonds is 4. The molecule has 2 aliphatic rings. The second-order valence-corrected chi connectivity index (χ2v) is 5.39. The van der Waals surface area contributed by atoms with E-state index in [1.807, 2.05) is 0 Å². The van der Waals surface area contributed by atoms with Gasteiger partial charge in [0, 0.05) is 26.1 Å². The van der Waals surface area contributed by atoms with E-state index in [0.717, 1.165) is 46.3 Å². The van der Waals surface area contributed by atoms with E-state index >= 15 is 0 Å². The molecule has 0 unspecified atom stereocenters. The predicted molar refractivity (Wildman–Crippen MR) is 96.6 cm³/mol. The van der Waals surface area contributed by atoms with Crippen molar-refractivity contribution in [2.75, 3.05) is 19.6 Å². The highest BCUT2D eigenvalue weighted by Gasteiger charge is 2.34. The molecule has 0 radical (unpaired) electrons. The Balaban J connectivity index is 0.000000350. The van der Waals surface area contributed by atoms with Crippen molar-refractivity contribution in [3.8, 4) is 0 Å². The molecule has 140 valence electrons. The van der Waals surface area contributed by atoms with E-state index in [2.05, 4.69) is 26.3 Å². The molecule has 4 amide bonds. The molecule has 2 saturated heterocycles. The lowest BCUT2D eigenvalue weighted by atomic mass is 10.3.